The van der Waals surface area contributed by atoms with Crippen molar-refractivity contribution in [2.45, 2.75) is 25.9 Å². The summed E-state index contributed by atoms with van der Waals surface area (Å²) < 4.78 is 4.86. The average Bonchev–Trinajstić information content (AvgIpc) is 3.00. The number of hydrogen-bond acceptors (Lipinski definition) is 2. The molecule has 2 aromatic carbocycles. The van der Waals surface area contributed by atoms with Gasteiger partial charge in [0.25, 0.3) is 0 Å². The Balaban J connectivity index is 1.79. The van der Waals surface area contributed by atoms with Crippen molar-refractivity contribution < 1.29 is 4.90 Å². The van der Waals surface area contributed by atoms with Gasteiger partial charge in [-0.15, -0.1) is 5.10 Å². The van der Waals surface area contributed by atoms with Crippen LogP contribution in [0.2, 0.25) is 0 Å². The maximum absolute atomic E-state index is 5.81. The van der Waals surface area contributed by atoms with Crippen LogP contribution in [-0.4, -0.2) is 27.4 Å². The van der Waals surface area contributed by atoms with Crippen molar-refractivity contribution in [2.24, 2.45) is 0 Å². The van der Waals surface area contributed by atoms with Gasteiger partial charge in [-0.25, -0.2) is 0 Å². The maximum atomic E-state index is 5.81. The molecule has 0 radical (unpaired) electrons. The molecule has 3 aromatic rings. The zero-order valence-corrected chi connectivity index (χ0v) is 15.1. The topological polar surface area (TPSA) is 27.2 Å². The van der Waals surface area contributed by atoms with Gasteiger partial charge in [0.1, 0.15) is 0 Å². The predicted molar refractivity (Wildman–Crippen MR) is 102 cm³/mol. The molecule has 0 amide bonds. The van der Waals surface area contributed by atoms with Gasteiger partial charge in [-0.3, -0.25) is 4.57 Å². The number of hydrogen-bond donors (Lipinski definition) is 1. The normalized spacial score (nSPS) is 15.4. The molecule has 25 heavy (non-hydrogen) atoms. The van der Waals surface area contributed by atoms with Crippen LogP contribution in [0.4, 0.5) is 0 Å². The highest BCUT2D eigenvalue weighted by molar-refractivity contribution is 7.71. The summed E-state index contributed by atoms with van der Waals surface area (Å²) in [5, 5.41) is 4.91. The predicted octanol–water partition coefficient (Wildman–Crippen LogP) is 3.10. The summed E-state index contributed by atoms with van der Waals surface area (Å²) in [7, 11) is 0. The summed E-state index contributed by atoms with van der Waals surface area (Å²) in [5.41, 5.74) is 2.15. The highest BCUT2D eigenvalue weighted by Crippen LogP contribution is 2.22. The average molecular weight is 351 g/mol. The summed E-state index contributed by atoms with van der Waals surface area (Å²) in [4.78, 5) is 1.57. The first-order valence-corrected chi connectivity index (χ1v) is 9.38. The third kappa shape index (κ3) is 3.43. The molecule has 1 aliphatic rings. The minimum Gasteiger partial charge on any atom is -0.316 e. The minimum atomic E-state index is 0.767. The van der Waals surface area contributed by atoms with Crippen LogP contribution < -0.4 is 4.90 Å². The molecular weight excluding hydrogens is 328 g/mol. The van der Waals surface area contributed by atoms with Crippen LogP contribution in [0, 0.1) is 4.77 Å². The van der Waals surface area contributed by atoms with Crippen LogP contribution in [0.15, 0.2) is 60.7 Å². The van der Waals surface area contributed by atoms with Crippen LogP contribution in [0.1, 0.15) is 19.3 Å². The zero-order valence-electron chi connectivity index (χ0n) is 14.3. The summed E-state index contributed by atoms with van der Waals surface area (Å²) in [5.74, 6) is 0.910. The molecule has 1 aliphatic heterocycles. The van der Waals surface area contributed by atoms with Gasteiger partial charge >= 0.3 is 0 Å². The zero-order chi connectivity index (χ0) is 17.1. The Morgan fingerprint density at radius 1 is 0.880 bits per heavy atom. The summed E-state index contributed by atoms with van der Waals surface area (Å²) in [6.45, 7) is 3.26. The molecule has 0 bridgehead atoms. The fraction of sp³-hybridized carbons (Fsp3) is 0.300. The molecule has 0 unspecified atom stereocenters. The Labute approximate surface area is 153 Å². The number of quaternary nitrogens is 1. The van der Waals surface area contributed by atoms with E-state index in [0.717, 1.165) is 28.5 Å². The van der Waals surface area contributed by atoms with Crippen molar-refractivity contribution in [1.29, 1.82) is 0 Å². The molecule has 4 rings (SSSR count). The van der Waals surface area contributed by atoms with Crippen molar-refractivity contribution >= 4 is 12.2 Å². The van der Waals surface area contributed by atoms with Crippen molar-refractivity contribution in [3.63, 3.8) is 0 Å². The third-order valence-electron chi connectivity index (χ3n) is 4.82. The van der Waals surface area contributed by atoms with Gasteiger partial charge in [0.2, 0.25) is 4.77 Å². The smallest absolute Gasteiger partial charge is 0.207 e. The van der Waals surface area contributed by atoms with E-state index in [2.05, 4.69) is 28.8 Å². The maximum Gasteiger partial charge on any atom is 0.207 e. The first kappa shape index (κ1) is 16.2. The molecule has 1 saturated heterocycles. The van der Waals surface area contributed by atoms with E-state index in [1.54, 1.807) is 4.90 Å². The van der Waals surface area contributed by atoms with Crippen molar-refractivity contribution in [2.75, 3.05) is 13.1 Å². The molecule has 0 aliphatic carbocycles. The fourth-order valence-corrected chi connectivity index (χ4v) is 3.81. The minimum absolute atomic E-state index is 0.767. The summed E-state index contributed by atoms with van der Waals surface area (Å²) in [6.07, 6.45) is 3.95. The lowest BCUT2D eigenvalue weighted by Crippen LogP contribution is -3.12. The molecule has 5 heteroatoms. The molecule has 1 N–H and O–H groups in total. The quantitative estimate of drug-likeness (QED) is 0.732. The van der Waals surface area contributed by atoms with E-state index in [-0.39, 0.29) is 0 Å². The number of piperidine rings is 1. The van der Waals surface area contributed by atoms with Gasteiger partial charge < -0.3 is 4.90 Å². The van der Waals surface area contributed by atoms with Crippen LogP contribution >= 0.6 is 12.2 Å². The largest absolute Gasteiger partial charge is 0.316 e. The van der Waals surface area contributed by atoms with Gasteiger partial charge in [-0.05, 0) is 43.6 Å². The molecule has 1 aromatic heterocycles. The molecule has 4 nitrogen and oxygen atoms in total. The fourth-order valence-electron chi connectivity index (χ4n) is 3.52. The van der Waals surface area contributed by atoms with Crippen LogP contribution in [0.5, 0.6) is 0 Å². The van der Waals surface area contributed by atoms with E-state index in [1.165, 1.54) is 32.4 Å². The molecule has 128 valence electrons. The van der Waals surface area contributed by atoms with Gasteiger partial charge in [-0.2, -0.15) is 4.68 Å². The lowest BCUT2D eigenvalue weighted by molar-refractivity contribution is -0.928. The molecule has 0 atom stereocenters. The first-order valence-electron chi connectivity index (χ1n) is 8.97. The molecule has 1 fully saturated rings. The number of rotatable bonds is 4. The van der Waals surface area contributed by atoms with E-state index in [1.807, 2.05) is 41.1 Å². The second-order valence-electron chi connectivity index (χ2n) is 6.61. The highest BCUT2D eigenvalue weighted by Gasteiger charge is 2.19. The van der Waals surface area contributed by atoms with E-state index >= 15 is 0 Å². The third-order valence-corrected chi connectivity index (χ3v) is 5.21. The van der Waals surface area contributed by atoms with Gasteiger partial charge in [0, 0.05) is 11.3 Å². The molecule has 2 heterocycles. The Kier molecular flexibility index (Phi) is 4.76. The molecule has 0 saturated carbocycles. The van der Waals surface area contributed by atoms with Crippen LogP contribution in [0.3, 0.4) is 0 Å². The van der Waals surface area contributed by atoms with Crippen LogP contribution in [-0.2, 0) is 6.67 Å². The van der Waals surface area contributed by atoms with Crippen molar-refractivity contribution in [1.82, 2.24) is 14.3 Å². The Morgan fingerprint density at radius 2 is 1.52 bits per heavy atom. The number of para-hydroxylation sites is 1. The number of nitrogens with one attached hydrogen (secondary N) is 1. The number of likely N-dealkylation sites (tertiary alicyclic amines) is 1. The summed E-state index contributed by atoms with van der Waals surface area (Å²) >= 11 is 5.81. The Morgan fingerprint density at radius 3 is 2.20 bits per heavy atom. The van der Waals surface area contributed by atoms with Crippen molar-refractivity contribution in [3.8, 4) is 17.1 Å². The lowest BCUT2D eigenvalue weighted by Gasteiger charge is -2.22. The van der Waals surface area contributed by atoms with Crippen molar-refractivity contribution in [3.05, 3.63) is 65.4 Å². The Bertz CT molecular complexity index is 877. The number of aromatic nitrogens is 3. The summed E-state index contributed by atoms with van der Waals surface area (Å²) in [6, 6.07) is 20.6. The monoisotopic (exact) mass is 351 g/mol. The van der Waals surface area contributed by atoms with E-state index in [4.69, 9.17) is 17.3 Å². The molecular formula is C20H23N4S+. The van der Waals surface area contributed by atoms with E-state index in [0.29, 0.717) is 0 Å². The SMILES string of the molecule is S=c1n(C[NH+]2CCCCC2)nc(-c2ccccc2)n1-c1ccccc1. The van der Waals surface area contributed by atoms with Gasteiger partial charge in [-0.1, -0.05) is 48.5 Å². The van der Waals surface area contributed by atoms with E-state index < -0.39 is 0 Å². The van der Waals surface area contributed by atoms with Gasteiger partial charge in [0.05, 0.1) is 13.1 Å². The second kappa shape index (κ2) is 7.33. The highest BCUT2D eigenvalue weighted by atomic mass is 32.1. The first-order chi connectivity index (χ1) is 12.3. The molecule has 0 spiro atoms. The second-order valence-corrected chi connectivity index (χ2v) is 6.98. The lowest BCUT2D eigenvalue weighted by atomic mass is 10.1. The number of nitrogens with zero attached hydrogens (tertiary/aromatic N) is 3. The van der Waals surface area contributed by atoms with Crippen LogP contribution in [0.25, 0.3) is 17.1 Å². The Hall–Kier alpha value is -2.24. The van der Waals surface area contributed by atoms with E-state index in [9.17, 15) is 0 Å². The number of benzene rings is 2. The standard InChI is InChI=1S/C20H22N4S/c25-20-23(16-22-14-8-3-9-15-22)21-19(17-10-4-1-5-11-17)24(20)18-12-6-2-7-13-18/h1-2,4-7,10-13H,3,8-9,14-16H2/p+1. The van der Waals surface area contributed by atoms with Gasteiger partial charge in [0.15, 0.2) is 12.5 Å².